The minimum absolute atomic E-state index is 0.372. The lowest BCUT2D eigenvalue weighted by Gasteiger charge is -2.12. The fourth-order valence-corrected chi connectivity index (χ4v) is 7.95. The summed E-state index contributed by atoms with van der Waals surface area (Å²) in [6, 6.07) is 0. The Labute approximate surface area is 480 Å². The van der Waals surface area contributed by atoms with Gasteiger partial charge in [-0.2, -0.15) is 0 Å². The lowest BCUT2D eigenvalue weighted by molar-refractivity contribution is 0.184. The van der Waals surface area contributed by atoms with Gasteiger partial charge in [0.1, 0.15) is 0 Å². The zero-order chi connectivity index (χ0) is 58.2. The molecule has 0 heterocycles. The maximum atomic E-state index is 8.75. The van der Waals surface area contributed by atoms with Crippen LogP contribution in [0.15, 0.2) is 64.2 Å². The van der Waals surface area contributed by atoms with Gasteiger partial charge in [-0.25, -0.2) is 0 Å². The average Bonchev–Trinajstić information content (AvgIpc) is 3.45. The molecule has 0 radical (unpaired) electrons. The maximum Gasteiger partial charge on any atom is 0.0901 e. The molecule has 0 saturated carbocycles. The van der Waals surface area contributed by atoms with Gasteiger partial charge in [0, 0.05) is 6.61 Å². The van der Waals surface area contributed by atoms with Crippen LogP contribution in [-0.4, -0.2) is 44.7 Å². The number of unbranched alkanes of at least 4 members (excludes halogenated alkanes) is 32. The summed E-state index contributed by atoms with van der Waals surface area (Å²) in [6.45, 7) is 39.8. The molecule has 0 aliphatic carbocycles. The number of hydrogen-bond acceptors (Lipinski definition) is 6. The number of hydrogen-bond donors (Lipinski definition) is 1. The van der Waals surface area contributed by atoms with Gasteiger partial charge in [-0.05, 0) is 50.4 Å². The van der Waals surface area contributed by atoms with E-state index >= 15 is 0 Å². The average molecular weight is 1080 g/mol. The van der Waals surface area contributed by atoms with Gasteiger partial charge in [-0.1, -0.05) is 319 Å². The molecular formula is C70H140O6. The van der Waals surface area contributed by atoms with Crippen LogP contribution in [0.5, 0.6) is 0 Å². The highest BCUT2D eigenvalue weighted by Gasteiger charge is 2.04. The summed E-state index contributed by atoms with van der Waals surface area (Å²) in [5, 5.41) is 8.75. The molecule has 2 unspecified atom stereocenters. The SMILES string of the molecule is C#C.C=COCC(CC)CCCC.C=COCCCC.C=COCCCCCCCC.C=COCCCCCCCCCCCC.C=COCCCCCCCCCCCCCCCCCC.CCCCC(CC)CO. The first-order valence-corrected chi connectivity index (χ1v) is 32.4. The molecule has 6 nitrogen and oxygen atoms in total. The summed E-state index contributed by atoms with van der Waals surface area (Å²) >= 11 is 0. The van der Waals surface area contributed by atoms with Gasteiger partial charge in [-0.15, -0.1) is 12.8 Å². The van der Waals surface area contributed by atoms with E-state index in [9.17, 15) is 0 Å². The topological polar surface area (TPSA) is 66.4 Å². The molecule has 0 bridgehead atoms. The molecule has 0 aromatic heterocycles. The third-order valence-electron chi connectivity index (χ3n) is 13.2. The number of ether oxygens (including phenoxy) is 5. The molecule has 0 saturated heterocycles. The minimum Gasteiger partial charge on any atom is -0.502 e. The molecule has 0 spiro atoms. The number of rotatable bonds is 54. The van der Waals surface area contributed by atoms with E-state index in [0.717, 1.165) is 51.8 Å². The Morgan fingerprint density at radius 2 is 0.500 bits per heavy atom. The number of aliphatic hydroxyl groups excluding tert-OH is 1. The van der Waals surface area contributed by atoms with Crippen LogP contribution in [0.3, 0.4) is 0 Å². The normalized spacial score (nSPS) is 10.6. The first-order valence-electron chi connectivity index (χ1n) is 32.4. The molecule has 0 rings (SSSR count). The molecule has 2 atom stereocenters. The fraction of sp³-hybridized carbons (Fsp3) is 0.829. The van der Waals surface area contributed by atoms with Crippen molar-refractivity contribution in [2.45, 2.75) is 325 Å². The molecule has 6 heteroatoms. The van der Waals surface area contributed by atoms with Crippen molar-refractivity contribution in [1.29, 1.82) is 0 Å². The van der Waals surface area contributed by atoms with Gasteiger partial charge >= 0.3 is 0 Å². The smallest absolute Gasteiger partial charge is 0.0901 e. The van der Waals surface area contributed by atoms with E-state index in [1.807, 2.05) is 0 Å². The zero-order valence-corrected chi connectivity index (χ0v) is 53.2. The molecule has 76 heavy (non-hydrogen) atoms. The summed E-state index contributed by atoms with van der Waals surface area (Å²) in [5.74, 6) is 1.29. The largest absolute Gasteiger partial charge is 0.502 e. The first kappa shape index (κ1) is 87.1. The lowest BCUT2D eigenvalue weighted by Crippen LogP contribution is -2.05. The fourth-order valence-electron chi connectivity index (χ4n) is 7.95. The van der Waals surface area contributed by atoms with Crippen LogP contribution in [-0.2, 0) is 23.7 Å². The summed E-state index contributed by atoms with van der Waals surface area (Å²) in [7, 11) is 0. The quantitative estimate of drug-likeness (QED) is 0.0372. The monoisotopic (exact) mass is 1080 g/mol. The Kier molecular flexibility index (Phi) is 112. The van der Waals surface area contributed by atoms with Crippen LogP contribution < -0.4 is 0 Å². The van der Waals surface area contributed by atoms with Crippen molar-refractivity contribution < 1.29 is 28.8 Å². The third kappa shape index (κ3) is 107. The second kappa shape index (κ2) is 97.7. The van der Waals surface area contributed by atoms with Crippen molar-refractivity contribution in [3.63, 3.8) is 0 Å². The Morgan fingerprint density at radius 3 is 0.711 bits per heavy atom. The van der Waals surface area contributed by atoms with E-state index in [0.29, 0.717) is 12.5 Å². The van der Waals surface area contributed by atoms with Gasteiger partial charge in [0.05, 0.1) is 64.3 Å². The second-order valence-electron chi connectivity index (χ2n) is 20.3. The molecule has 456 valence electrons. The van der Waals surface area contributed by atoms with Crippen molar-refractivity contribution in [1.82, 2.24) is 0 Å². The van der Waals surface area contributed by atoms with E-state index in [1.165, 1.54) is 282 Å². The predicted octanol–water partition coefficient (Wildman–Crippen LogP) is 23.7. The summed E-state index contributed by atoms with van der Waals surface area (Å²) in [4.78, 5) is 0. The van der Waals surface area contributed by atoms with E-state index in [-0.39, 0.29) is 0 Å². The van der Waals surface area contributed by atoms with Crippen LogP contribution in [0.4, 0.5) is 0 Å². The van der Waals surface area contributed by atoms with Gasteiger partial charge in [0.2, 0.25) is 0 Å². The highest BCUT2D eigenvalue weighted by molar-refractivity contribution is 4.59. The number of aliphatic hydroxyl groups is 1. The van der Waals surface area contributed by atoms with Crippen molar-refractivity contribution in [2.75, 3.05) is 39.6 Å². The highest BCUT2D eigenvalue weighted by atomic mass is 16.5. The van der Waals surface area contributed by atoms with Gasteiger partial charge in [-0.3, -0.25) is 0 Å². The Hall–Kier alpha value is -2.78. The van der Waals surface area contributed by atoms with Crippen LogP contribution in [0, 0.1) is 24.7 Å². The van der Waals surface area contributed by atoms with Crippen molar-refractivity contribution in [3.05, 3.63) is 64.2 Å². The van der Waals surface area contributed by atoms with Crippen molar-refractivity contribution in [2.24, 2.45) is 11.8 Å². The first-order chi connectivity index (χ1) is 37.3. The molecule has 0 amide bonds. The lowest BCUT2D eigenvalue weighted by atomic mass is 10.0. The molecule has 0 aromatic rings. The molecular weight excluding hydrogens is 937 g/mol. The molecule has 0 fully saturated rings. The maximum absolute atomic E-state index is 8.75. The van der Waals surface area contributed by atoms with E-state index < -0.39 is 0 Å². The predicted molar refractivity (Wildman–Crippen MR) is 344 cm³/mol. The zero-order valence-electron chi connectivity index (χ0n) is 53.2. The minimum atomic E-state index is 0.372. The van der Waals surface area contributed by atoms with Crippen LogP contribution >= 0.6 is 0 Å². The van der Waals surface area contributed by atoms with Crippen LogP contribution in [0.2, 0.25) is 0 Å². The molecule has 1 N–H and O–H groups in total. The van der Waals surface area contributed by atoms with Crippen molar-refractivity contribution >= 4 is 0 Å². The second-order valence-corrected chi connectivity index (χ2v) is 20.3. The Balaban J connectivity index is -0.000000155. The van der Waals surface area contributed by atoms with Crippen LogP contribution in [0.25, 0.3) is 0 Å². The molecule has 0 aliphatic heterocycles. The van der Waals surface area contributed by atoms with Crippen molar-refractivity contribution in [3.8, 4) is 12.8 Å². The van der Waals surface area contributed by atoms with E-state index in [1.54, 1.807) is 6.26 Å². The Morgan fingerprint density at radius 1 is 0.289 bits per heavy atom. The van der Waals surface area contributed by atoms with E-state index in [4.69, 9.17) is 28.8 Å². The Bertz CT molecular complexity index is 977. The van der Waals surface area contributed by atoms with Gasteiger partial charge in [0.15, 0.2) is 0 Å². The summed E-state index contributed by atoms with van der Waals surface area (Å²) in [5.41, 5.74) is 0. The van der Waals surface area contributed by atoms with E-state index in [2.05, 4.69) is 101 Å². The van der Waals surface area contributed by atoms with Gasteiger partial charge < -0.3 is 28.8 Å². The summed E-state index contributed by atoms with van der Waals surface area (Å²) < 4.78 is 25.2. The highest BCUT2D eigenvalue weighted by Crippen LogP contribution is 2.15. The molecule has 0 aromatic carbocycles. The molecule has 0 aliphatic rings. The van der Waals surface area contributed by atoms with Crippen LogP contribution in [0.1, 0.15) is 325 Å². The standard InChI is InChI=1S/C20H40O.C14H28O.2C10H20O.C8H18O.C6H12O.C2H2/c1-3-5-6-7-8-9-10-11-12-13-14-15-16-17-18-19-20-21-4-2;1-3-5-6-7-8-9-10-11-12-13-14-15-4-2;1-4-7-8-10(5-2)9-11-6-3;1-3-5-6-7-8-9-10-11-4-2;1-3-5-6-8(4-2)7-9;1-3-5-6-7-4-2;1-2/h4H,2-3,5-20H2,1H3;4H,2-3,5-14H2,1H3;6,10H,3-5,7-9H2,1-2H3;4H,2-3,5-10H2,1H3;8-9H,3-7H2,1-2H3;4H,2-3,5-6H2,1H3;1-2H. The third-order valence-corrected chi connectivity index (χ3v) is 13.2. The van der Waals surface area contributed by atoms with Gasteiger partial charge in [0.25, 0.3) is 0 Å². The summed E-state index contributed by atoms with van der Waals surface area (Å²) in [6.07, 6.45) is 72.2. The number of terminal acetylenes is 1.